The fourth-order valence-electron chi connectivity index (χ4n) is 4.70. The first-order valence-corrected chi connectivity index (χ1v) is 11.5. The van der Waals surface area contributed by atoms with Crippen molar-refractivity contribution in [3.8, 4) is 11.1 Å². The second kappa shape index (κ2) is 8.76. The number of hydrogen-bond donors (Lipinski definition) is 2. The Kier molecular flexibility index (Phi) is 5.64. The summed E-state index contributed by atoms with van der Waals surface area (Å²) >= 11 is 0. The highest BCUT2D eigenvalue weighted by atomic mass is 16.2. The monoisotopic (exact) mass is 449 g/mol. The molecule has 2 atom stereocenters. The fourth-order valence-corrected chi connectivity index (χ4v) is 4.70. The second-order valence-electron chi connectivity index (χ2n) is 8.92. The van der Waals surface area contributed by atoms with E-state index in [4.69, 9.17) is 5.73 Å². The highest BCUT2D eigenvalue weighted by molar-refractivity contribution is 6.01. The highest BCUT2D eigenvalue weighted by Crippen LogP contribution is 2.32. The van der Waals surface area contributed by atoms with E-state index in [1.165, 1.54) is 0 Å². The SMILES string of the molecule is C[C@@]1(c2ccc3ccccc3c2)NC(=O)[C@H](CN)N(Cc2ccc(-c3ccccc3)cc2)C1=O. The van der Waals surface area contributed by atoms with Crippen LogP contribution in [0.2, 0.25) is 0 Å². The molecule has 0 aliphatic carbocycles. The van der Waals surface area contributed by atoms with Crippen LogP contribution in [-0.4, -0.2) is 29.3 Å². The van der Waals surface area contributed by atoms with Gasteiger partial charge in [-0.05, 0) is 46.0 Å². The minimum atomic E-state index is -1.17. The molecule has 1 heterocycles. The van der Waals surface area contributed by atoms with Gasteiger partial charge in [-0.15, -0.1) is 0 Å². The Balaban J connectivity index is 1.46. The highest BCUT2D eigenvalue weighted by Gasteiger charge is 2.48. The molecule has 0 saturated carbocycles. The molecular formula is C29H27N3O2. The molecule has 1 fully saturated rings. The Hall–Kier alpha value is -3.96. The van der Waals surface area contributed by atoms with Crippen LogP contribution in [0.3, 0.4) is 0 Å². The maximum atomic E-state index is 13.8. The Morgan fingerprint density at radius 1 is 0.824 bits per heavy atom. The normalized spacial score (nSPS) is 20.4. The first-order chi connectivity index (χ1) is 16.5. The van der Waals surface area contributed by atoms with Gasteiger partial charge in [-0.2, -0.15) is 0 Å². The molecule has 4 aromatic rings. The van der Waals surface area contributed by atoms with Crippen LogP contribution in [0.4, 0.5) is 0 Å². The van der Waals surface area contributed by atoms with Gasteiger partial charge < -0.3 is 16.0 Å². The summed E-state index contributed by atoms with van der Waals surface area (Å²) in [5.41, 5.74) is 8.71. The molecule has 0 aromatic heterocycles. The molecule has 0 radical (unpaired) electrons. The zero-order valence-electron chi connectivity index (χ0n) is 19.1. The summed E-state index contributed by atoms with van der Waals surface area (Å²) in [6.45, 7) is 2.15. The molecule has 1 saturated heterocycles. The molecule has 5 heteroatoms. The summed E-state index contributed by atoms with van der Waals surface area (Å²) in [6.07, 6.45) is 0. The van der Waals surface area contributed by atoms with Crippen LogP contribution >= 0.6 is 0 Å². The van der Waals surface area contributed by atoms with Crippen molar-refractivity contribution in [3.05, 3.63) is 108 Å². The molecular weight excluding hydrogens is 422 g/mol. The lowest BCUT2D eigenvalue weighted by Gasteiger charge is -2.44. The predicted octanol–water partition coefficient (Wildman–Crippen LogP) is 4.21. The molecule has 5 rings (SSSR count). The van der Waals surface area contributed by atoms with E-state index in [-0.39, 0.29) is 18.4 Å². The number of nitrogens with two attached hydrogens (primary N) is 1. The second-order valence-corrected chi connectivity index (χ2v) is 8.92. The van der Waals surface area contributed by atoms with Crippen molar-refractivity contribution in [1.82, 2.24) is 10.2 Å². The number of carbonyl (C=O) groups excluding carboxylic acids is 2. The molecule has 0 unspecified atom stereocenters. The molecule has 0 spiro atoms. The average molecular weight is 450 g/mol. The Labute approximate surface area is 199 Å². The summed E-state index contributed by atoms with van der Waals surface area (Å²) in [4.78, 5) is 28.5. The maximum absolute atomic E-state index is 13.8. The molecule has 5 nitrogen and oxygen atoms in total. The van der Waals surface area contributed by atoms with E-state index in [0.29, 0.717) is 6.54 Å². The lowest BCUT2D eigenvalue weighted by atomic mass is 9.85. The van der Waals surface area contributed by atoms with Crippen LogP contribution in [-0.2, 0) is 21.7 Å². The van der Waals surface area contributed by atoms with Gasteiger partial charge in [0, 0.05) is 13.1 Å². The van der Waals surface area contributed by atoms with Crippen LogP contribution in [0.25, 0.3) is 21.9 Å². The minimum absolute atomic E-state index is 0.0630. The van der Waals surface area contributed by atoms with Gasteiger partial charge in [0.1, 0.15) is 11.6 Å². The number of amides is 2. The summed E-state index contributed by atoms with van der Waals surface area (Å²) in [7, 11) is 0. The topological polar surface area (TPSA) is 75.4 Å². The van der Waals surface area contributed by atoms with Crippen LogP contribution in [0, 0.1) is 0 Å². The summed E-state index contributed by atoms with van der Waals surface area (Å²) < 4.78 is 0. The smallest absolute Gasteiger partial charge is 0.253 e. The largest absolute Gasteiger partial charge is 0.336 e. The molecule has 1 aliphatic rings. The molecule has 0 bridgehead atoms. The van der Waals surface area contributed by atoms with Crippen molar-refractivity contribution in [3.63, 3.8) is 0 Å². The van der Waals surface area contributed by atoms with Gasteiger partial charge in [0.15, 0.2) is 0 Å². The van der Waals surface area contributed by atoms with E-state index in [1.807, 2.05) is 84.9 Å². The van der Waals surface area contributed by atoms with Crippen molar-refractivity contribution in [1.29, 1.82) is 0 Å². The van der Waals surface area contributed by atoms with E-state index >= 15 is 0 Å². The number of carbonyl (C=O) groups is 2. The summed E-state index contributed by atoms with van der Waals surface area (Å²) in [5, 5.41) is 5.06. The number of benzene rings is 4. The molecule has 170 valence electrons. The molecule has 4 aromatic carbocycles. The van der Waals surface area contributed by atoms with Gasteiger partial charge in [0.2, 0.25) is 5.91 Å². The van der Waals surface area contributed by atoms with Crippen LogP contribution in [0.5, 0.6) is 0 Å². The van der Waals surface area contributed by atoms with E-state index < -0.39 is 11.6 Å². The lowest BCUT2D eigenvalue weighted by Crippen LogP contribution is -2.68. The first-order valence-electron chi connectivity index (χ1n) is 11.5. The minimum Gasteiger partial charge on any atom is -0.336 e. The van der Waals surface area contributed by atoms with E-state index in [1.54, 1.807) is 11.8 Å². The molecule has 1 aliphatic heterocycles. The molecule has 34 heavy (non-hydrogen) atoms. The van der Waals surface area contributed by atoms with Crippen molar-refractivity contribution >= 4 is 22.6 Å². The number of nitrogens with one attached hydrogen (secondary N) is 1. The van der Waals surface area contributed by atoms with Crippen molar-refractivity contribution in [2.24, 2.45) is 5.73 Å². The standard InChI is InChI=1S/C29H27N3O2/c1-29(25-16-15-22-9-5-6-10-24(22)17-25)28(34)32(26(18-30)27(33)31-29)19-20-11-13-23(14-12-20)21-7-3-2-4-8-21/h2-17,26H,18-19,30H2,1H3,(H,31,33)/t26-,29-/m0/s1. The average Bonchev–Trinajstić information content (AvgIpc) is 2.88. The van der Waals surface area contributed by atoms with E-state index in [9.17, 15) is 9.59 Å². The number of fused-ring (bicyclic) bond motifs is 1. The van der Waals surface area contributed by atoms with Crippen LogP contribution < -0.4 is 11.1 Å². The first kappa shape index (κ1) is 21.9. The number of rotatable bonds is 5. The van der Waals surface area contributed by atoms with Gasteiger partial charge in [0.05, 0.1) is 0 Å². The Morgan fingerprint density at radius 2 is 1.47 bits per heavy atom. The predicted molar refractivity (Wildman–Crippen MR) is 135 cm³/mol. The maximum Gasteiger partial charge on any atom is 0.253 e. The quantitative estimate of drug-likeness (QED) is 0.479. The van der Waals surface area contributed by atoms with Crippen molar-refractivity contribution in [2.75, 3.05) is 6.54 Å². The van der Waals surface area contributed by atoms with Gasteiger partial charge in [-0.1, -0.05) is 91.0 Å². The number of piperazine rings is 1. The number of nitrogens with zero attached hydrogens (tertiary/aromatic N) is 1. The van der Waals surface area contributed by atoms with Crippen molar-refractivity contribution < 1.29 is 9.59 Å². The summed E-state index contributed by atoms with van der Waals surface area (Å²) in [5.74, 6) is -0.399. The third kappa shape index (κ3) is 3.84. The van der Waals surface area contributed by atoms with Crippen LogP contribution in [0.15, 0.2) is 97.1 Å². The van der Waals surface area contributed by atoms with E-state index in [0.717, 1.165) is 33.0 Å². The van der Waals surface area contributed by atoms with E-state index in [2.05, 4.69) is 17.4 Å². The van der Waals surface area contributed by atoms with Crippen molar-refractivity contribution in [2.45, 2.75) is 25.0 Å². The molecule has 2 amide bonds. The number of hydrogen-bond acceptors (Lipinski definition) is 3. The van der Waals surface area contributed by atoms with Gasteiger partial charge in [-0.25, -0.2) is 0 Å². The van der Waals surface area contributed by atoms with Gasteiger partial charge in [-0.3, -0.25) is 9.59 Å². The Morgan fingerprint density at radius 3 is 2.18 bits per heavy atom. The zero-order valence-corrected chi connectivity index (χ0v) is 19.1. The zero-order chi connectivity index (χ0) is 23.7. The van der Waals surface area contributed by atoms with Gasteiger partial charge >= 0.3 is 0 Å². The van der Waals surface area contributed by atoms with Crippen LogP contribution in [0.1, 0.15) is 18.1 Å². The Bertz CT molecular complexity index is 1350. The third-order valence-corrected chi connectivity index (χ3v) is 6.70. The van der Waals surface area contributed by atoms with Gasteiger partial charge in [0.25, 0.3) is 5.91 Å². The third-order valence-electron chi connectivity index (χ3n) is 6.70. The lowest BCUT2D eigenvalue weighted by molar-refractivity contribution is -0.155. The fraction of sp³-hybridized carbons (Fsp3) is 0.172. The molecule has 3 N–H and O–H groups in total. The summed E-state index contributed by atoms with van der Waals surface area (Å²) in [6, 6.07) is 31.4.